The Bertz CT molecular complexity index is 503. The Morgan fingerprint density at radius 1 is 1.38 bits per heavy atom. The van der Waals surface area contributed by atoms with Crippen LogP contribution in [-0.4, -0.2) is 24.2 Å². The third kappa shape index (κ3) is 1.63. The molecule has 1 aliphatic heterocycles. The van der Waals surface area contributed by atoms with E-state index in [0.717, 1.165) is 35.8 Å². The molecular formula is C12H13BN2O. The highest BCUT2D eigenvalue weighted by atomic mass is 16.5. The third-order valence-corrected chi connectivity index (χ3v) is 3.05. The quantitative estimate of drug-likeness (QED) is 0.670. The van der Waals surface area contributed by atoms with Crippen LogP contribution >= 0.6 is 0 Å². The van der Waals surface area contributed by atoms with Gasteiger partial charge in [-0.15, -0.1) is 0 Å². The van der Waals surface area contributed by atoms with E-state index in [1.54, 1.807) is 0 Å². The number of aromatic nitrogens is 2. The van der Waals surface area contributed by atoms with Crippen molar-refractivity contribution >= 4 is 24.2 Å². The lowest BCUT2D eigenvalue weighted by Crippen LogP contribution is -2.19. The van der Waals surface area contributed by atoms with Crippen LogP contribution in [0.3, 0.4) is 0 Å². The maximum atomic E-state index is 5.74. The Morgan fingerprint density at radius 3 is 3.12 bits per heavy atom. The van der Waals surface area contributed by atoms with E-state index in [4.69, 9.17) is 12.6 Å². The van der Waals surface area contributed by atoms with Gasteiger partial charge in [-0.1, -0.05) is 17.6 Å². The molecule has 0 aliphatic carbocycles. The molecule has 1 fully saturated rings. The summed E-state index contributed by atoms with van der Waals surface area (Å²) in [7, 11) is 5.74. The molecule has 4 heteroatoms. The van der Waals surface area contributed by atoms with Gasteiger partial charge in [0.15, 0.2) is 6.23 Å². The third-order valence-electron chi connectivity index (χ3n) is 3.05. The van der Waals surface area contributed by atoms with Crippen molar-refractivity contribution in [2.75, 3.05) is 6.61 Å². The van der Waals surface area contributed by atoms with Gasteiger partial charge in [-0.25, -0.2) is 4.68 Å². The van der Waals surface area contributed by atoms with Crippen molar-refractivity contribution in [3.63, 3.8) is 0 Å². The fourth-order valence-corrected chi connectivity index (χ4v) is 2.22. The smallest absolute Gasteiger partial charge is 0.150 e. The molecule has 3 rings (SSSR count). The summed E-state index contributed by atoms with van der Waals surface area (Å²) >= 11 is 0. The predicted molar refractivity (Wildman–Crippen MR) is 64.0 cm³/mol. The molecule has 1 aromatic heterocycles. The molecule has 2 heterocycles. The Balaban J connectivity index is 2.03. The van der Waals surface area contributed by atoms with E-state index in [1.807, 2.05) is 29.1 Å². The summed E-state index contributed by atoms with van der Waals surface area (Å²) < 4.78 is 7.70. The van der Waals surface area contributed by atoms with E-state index >= 15 is 0 Å². The van der Waals surface area contributed by atoms with Gasteiger partial charge in [0.25, 0.3) is 0 Å². The summed E-state index contributed by atoms with van der Waals surface area (Å²) in [4.78, 5) is 0. The first-order valence-electron chi connectivity index (χ1n) is 5.69. The molecule has 1 aromatic carbocycles. The maximum absolute atomic E-state index is 5.74. The van der Waals surface area contributed by atoms with E-state index in [1.165, 1.54) is 6.42 Å². The summed E-state index contributed by atoms with van der Waals surface area (Å²) in [6, 6.07) is 5.86. The molecular weight excluding hydrogens is 199 g/mol. The molecule has 0 bridgehead atoms. The van der Waals surface area contributed by atoms with Crippen LogP contribution in [0.5, 0.6) is 0 Å². The van der Waals surface area contributed by atoms with E-state index in [0.29, 0.717) is 0 Å². The van der Waals surface area contributed by atoms with Gasteiger partial charge in [-0.05, 0) is 25.3 Å². The molecule has 2 radical (unpaired) electrons. The normalized spacial score (nSPS) is 21.4. The minimum absolute atomic E-state index is 0.0925. The maximum Gasteiger partial charge on any atom is 0.150 e. The van der Waals surface area contributed by atoms with Crippen LogP contribution in [-0.2, 0) is 4.74 Å². The number of fused-ring (bicyclic) bond motifs is 1. The monoisotopic (exact) mass is 212 g/mol. The average Bonchev–Trinajstić information content (AvgIpc) is 2.73. The second-order valence-electron chi connectivity index (χ2n) is 4.23. The Kier molecular flexibility index (Phi) is 2.44. The van der Waals surface area contributed by atoms with Crippen LogP contribution in [0.15, 0.2) is 24.4 Å². The van der Waals surface area contributed by atoms with Gasteiger partial charge in [0.2, 0.25) is 0 Å². The van der Waals surface area contributed by atoms with Crippen molar-refractivity contribution in [3.05, 3.63) is 24.4 Å². The van der Waals surface area contributed by atoms with E-state index in [-0.39, 0.29) is 6.23 Å². The van der Waals surface area contributed by atoms with Crippen LogP contribution in [0.1, 0.15) is 25.5 Å². The van der Waals surface area contributed by atoms with Gasteiger partial charge < -0.3 is 4.74 Å². The van der Waals surface area contributed by atoms with Crippen LogP contribution in [0.25, 0.3) is 10.9 Å². The number of benzene rings is 1. The van der Waals surface area contributed by atoms with Crippen molar-refractivity contribution in [1.82, 2.24) is 9.78 Å². The van der Waals surface area contributed by atoms with Gasteiger partial charge in [0.05, 0.1) is 11.7 Å². The number of ether oxygens (including phenoxy) is 1. The van der Waals surface area contributed by atoms with E-state index in [9.17, 15) is 0 Å². The largest absolute Gasteiger partial charge is 0.356 e. The fraction of sp³-hybridized carbons (Fsp3) is 0.417. The molecule has 0 amide bonds. The highest BCUT2D eigenvalue weighted by Crippen LogP contribution is 2.25. The van der Waals surface area contributed by atoms with Gasteiger partial charge in [0.1, 0.15) is 7.85 Å². The minimum Gasteiger partial charge on any atom is -0.356 e. The van der Waals surface area contributed by atoms with Gasteiger partial charge in [0, 0.05) is 12.0 Å². The molecule has 1 atom stereocenters. The summed E-state index contributed by atoms with van der Waals surface area (Å²) in [5, 5.41) is 5.47. The molecule has 0 N–H and O–H groups in total. The number of rotatable bonds is 1. The lowest BCUT2D eigenvalue weighted by atomic mass is 9.95. The molecule has 2 aromatic rings. The molecule has 80 valence electrons. The lowest BCUT2D eigenvalue weighted by molar-refractivity contribution is -0.0366. The van der Waals surface area contributed by atoms with Crippen LogP contribution in [0.4, 0.5) is 0 Å². The first-order chi connectivity index (χ1) is 7.84. The Morgan fingerprint density at radius 2 is 2.31 bits per heavy atom. The summed E-state index contributed by atoms with van der Waals surface area (Å²) in [6.07, 6.45) is 5.35. The summed E-state index contributed by atoms with van der Waals surface area (Å²) in [6.45, 7) is 0.834. The minimum atomic E-state index is 0.0925. The topological polar surface area (TPSA) is 27.1 Å². The Hall–Kier alpha value is -1.29. The predicted octanol–water partition coefficient (Wildman–Crippen LogP) is 1.53. The summed E-state index contributed by atoms with van der Waals surface area (Å²) in [5.41, 5.74) is 1.87. The second-order valence-corrected chi connectivity index (χ2v) is 4.23. The highest BCUT2D eigenvalue weighted by Gasteiger charge is 2.17. The van der Waals surface area contributed by atoms with Crippen LogP contribution in [0.2, 0.25) is 0 Å². The molecule has 1 saturated heterocycles. The van der Waals surface area contributed by atoms with Crippen molar-refractivity contribution in [1.29, 1.82) is 0 Å². The Labute approximate surface area is 95.8 Å². The zero-order chi connectivity index (χ0) is 11.0. The van der Waals surface area contributed by atoms with Crippen LogP contribution in [0, 0.1) is 0 Å². The van der Waals surface area contributed by atoms with Crippen molar-refractivity contribution in [3.8, 4) is 0 Å². The lowest BCUT2D eigenvalue weighted by Gasteiger charge is -2.23. The average molecular weight is 212 g/mol. The second kappa shape index (κ2) is 3.94. The molecule has 0 spiro atoms. The fourth-order valence-electron chi connectivity index (χ4n) is 2.22. The molecule has 3 nitrogen and oxygen atoms in total. The highest BCUT2D eigenvalue weighted by molar-refractivity contribution is 6.33. The van der Waals surface area contributed by atoms with Crippen molar-refractivity contribution in [2.24, 2.45) is 0 Å². The SMILES string of the molecule is [B]c1ccc2c(cnn2C2CCCCO2)c1. The van der Waals surface area contributed by atoms with Gasteiger partial charge in [-0.3, -0.25) is 0 Å². The van der Waals surface area contributed by atoms with E-state index < -0.39 is 0 Å². The molecule has 1 aliphatic rings. The first-order valence-corrected chi connectivity index (χ1v) is 5.69. The molecule has 16 heavy (non-hydrogen) atoms. The number of hydrogen-bond acceptors (Lipinski definition) is 2. The first kappa shape index (κ1) is 9.91. The molecule has 1 unspecified atom stereocenters. The number of hydrogen-bond donors (Lipinski definition) is 0. The molecule has 0 saturated carbocycles. The standard InChI is InChI=1S/C12H13BN2O/c13-10-4-5-11-9(7-10)8-14-15(11)12-3-1-2-6-16-12/h4-5,7-8,12H,1-3,6H2. The van der Waals surface area contributed by atoms with Crippen molar-refractivity contribution < 1.29 is 4.74 Å². The van der Waals surface area contributed by atoms with Gasteiger partial charge in [-0.2, -0.15) is 5.10 Å². The van der Waals surface area contributed by atoms with Crippen LogP contribution < -0.4 is 5.46 Å². The summed E-state index contributed by atoms with van der Waals surface area (Å²) in [5.74, 6) is 0. The van der Waals surface area contributed by atoms with E-state index in [2.05, 4.69) is 5.10 Å². The van der Waals surface area contributed by atoms with Gasteiger partial charge >= 0.3 is 0 Å². The number of nitrogens with zero attached hydrogens (tertiary/aromatic N) is 2. The van der Waals surface area contributed by atoms with Crippen molar-refractivity contribution in [2.45, 2.75) is 25.5 Å². The zero-order valence-electron chi connectivity index (χ0n) is 9.10. The zero-order valence-corrected chi connectivity index (χ0v) is 9.10.